The number of benzene rings is 2. The van der Waals surface area contributed by atoms with E-state index in [2.05, 4.69) is 39.6 Å². The number of nitrogens with one attached hydrogen (secondary N) is 2. The molecule has 1 aliphatic rings. The Morgan fingerprint density at radius 2 is 1.61 bits per heavy atom. The number of fused-ring (bicyclic) bond motifs is 3. The maximum absolute atomic E-state index is 12.1. The van der Waals surface area contributed by atoms with Crippen LogP contribution in [0.5, 0.6) is 0 Å². The molecule has 1 aliphatic carbocycles. The number of alkyl carbamates (subject to hydrolysis) is 1. The smallest absolute Gasteiger partial charge is 0.407 e. The van der Waals surface area contributed by atoms with Gasteiger partial charge in [0.05, 0.1) is 20.3 Å². The highest BCUT2D eigenvalue weighted by molar-refractivity contribution is 5.83. The van der Waals surface area contributed by atoms with Crippen LogP contribution >= 0.6 is 0 Å². The minimum atomic E-state index is -0.892. The van der Waals surface area contributed by atoms with Crippen molar-refractivity contribution in [3.63, 3.8) is 0 Å². The van der Waals surface area contributed by atoms with Gasteiger partial charge in [-0.05, 0) is 22.3 Å². The summed E-state index contributed by atoms with van der Waals surface area (Å²) in [4.78, 5) is 34.8. The Balaban J connectivity index is 1.43. The lowest BCUT2D eigenvalue weighted by Crippen LogP contribution is -2.44. The second-order valence-electron chi connectivity index (χ2n) is 7.10. The van der Waals surface area contributed by atoms with Crippen LogP contribution in [0.1, 0.15) is 24.0 Å². The summed E-state index contributed by atoms with van der Waals surface area (Å²) in [6, 6.07) is 15.4. The van der Waals surface area contributed by atoms with Crippen molar-refractivity contribution in [3.8, 4) is 11.1 Å². The first-order valence-electron chi connectivity index (χ1n) is 10.0. The van der Waals surface area contributed by atoms with Crippen LogP contribution in [0, 0.1) is 0 Å². The average molecular weight is 426 g/mol. The first-order chi connectivity index (χ1) is 15.0. The third-order valence-electron chi connectivity index (χ3n) is 5.01. The van der Waals surface area contributed by atoms with E-state index >= 15 is 0 Å². The molecule has 3 rings (SSSR count). The molecule has 31 heavy (non-hydrogen) atoms. The summed E-state index contributed by atoms with van der Waals surface area (Å²) in [6.45, 7) is 1.82. The first kappa shape index (κ1) is 22.3. The van der Waals surface area contributed by atoms with Crippen molar-refractivity contribution in [1.82, 2.24) is 10.6 Å². The molecule has 0 aromatic heterocycles. The van der Waals surface area contributed by atoms with Crippen molar-refractivity contribution < 1.29 is 28.6 Å². The van der Waals surface area contributed by atoms with Crippen molar-refractivity contribution in [2.45, 2.75) is 18.9 Å². The summed E-state index contributed by atoms with van der Waals surface area (Å²) >= 11 is 0. The lowest BCUT2D eigenvalue weighted by Gasteiger charge is -2.16. The van der Waals surface area contributed by atoms with Gasteiger partial charge >= 0.3 is 12.1 Å². The molecule has 0 fully saturated rings. The third-order valence-corrected chi connectivity index (χ3v) is 5.01. The first-order valence-corrected chi connectivity index (χ1v) is 10.0. The van der Waals surface area contributed by atoms with Crippen LogP contribution in [0.2, 0.25) is 0 Å². The van der Waals surface area contributed by atoms with Gasteiger partial charge in [0.1, 0.15) is 6.61 Å². The van der Waals surface area contributed by atoms with E-state index in [0.29, 0.717) is 0 Å². The molecule has 2 aromatic rings. The van der Waals surface area contributed by atoms with E-state index in [1.54, 1.807) is 0 Å². The van der Waals surface area contributed by atoms with Crippen LogP contribution in [-0.4, -0.2) is 57.5 Å². The highest BCUT2D eigenvalue weighted by Gasteiger charge is 2.29. The van der Waals surface area contributed by atoms with Crippen molar-refractivity contribution >= 4 is 18.0 Å². The Hall–Kier alpha value is -3.39. The topological polar surface area (TPSA) is 103 Å². The Morgan fingerprint density at radius 3 is 2.19 bits per heavy atom. The number of rotatable bonds is 9. The van der Waals surface area contributed by atoms with Crippen molar-refractivity contribution in [2.24, 2.45) is 0 Å². The predicted octanol–water partition coefficient (Wildman–Crippen LogP) is 2.22. The molecule has 8 heteroatoms. The average Bonchev–Trinajstić information content (AvgIpc) is 3.09. The molecule has 1 unspecified atom stereocenters. The molecule has 8 nitrogen and oxygen atoms in total. The minimum absolute atomic E-state index is 0.00660. The number of methoxy groups -OCH3 is 1. The van der Waals surface area contributed by atoms with Gasteiger partial charge in [-0.1, -0.05) is 48.5 Å². The molecule has 0 saturated heterocycles. The van der Waals surface area contributed by atoms with E-state index in [1.807, 2.05) is 24.3 Å². The number of amides is 2. The summed E-state index contributed by atoms with van der Waals surface area (Å²) in [5.74, 6) is -0.969. The second-order valence-corrected chi connectivity index (χ2v) is 7.10. The van der Waals surface area contributed by atoms with E-state index in [1.165, 1.54) is 25.2 Å². The van der Waals surface area contributed by atoms with Crippen LogP contribution in [0.25, 0.3) is 11.1 Å². The van der Waals surface area contributed by atoms with E-state index < -0.39 is 18.1 Å². The number of hydrogen-bond acceptors (Lipinski definition) is 6. The maximum Gasteiger partial charge on any atom is 0.407 e. The van der Waals surface area contributed by atoms with Gasteiger partial charge in [0, 0.05) is 19.4 Å². The van der Waals surface area contributed by atoms with Crippen LogP contribution in [0.4, 0.5) is 4.79 Å². The number of ether oxygens (including phenoxy) is 3. The summed E-state index contributed by atoms with van der Waals surface area (Å²) in [5, 5.41) is 5.07. The second kappa shape index (κ2) is 10.6. The van der Waals surface area contributed by atoms with Gasteiger partial charge in [-0.2, -0.15) is 0 Å². The van der Waals surface area contributed by atoms with Crippen molar-refractivity contribution in [1.29, 1.82) is 0 Å². The van der Waals surface area contributed by atoms with Gasteiger partial charge in [-0.3, -0.25) is 4.79 Å². The number of hydrogen-bond donors (Lipinski definition) is 2. The summed E-state index contributed by atoms with van der Waals surface area (Å²) in [6.07, 6.45) is -0.545. The largest absolute Gasteiger partial charge is 0.467 e. The molecule has 2 aromatic carbocycles. The zero-order valence-corrected chi connectivity index (χ0v) is 17.6. The molecule has 0 bridgehead atoms. The van der Waals surface area contributed by atoms with E-state index in [9.17, 15) is 14.4 Å². The zero-order chi connectivity index (χ0) is 22.2. The van der Waals surface area contributed by atoms with Gasteiger partial charge < -0.3 is 24.8 Å². The Bertz CT molecular complexity index is 900. The Labute approximate surface area is 180 Å². The molecule has 0 spiro atoms. The molecule has 0 radical (unpaired) electrons. The zero-order valence-electron chi connectivity index (χ0n) is 17.6. The molecule has 0 saturated carbocycles. The van der Waals surface area contributed by atoms with Crippen LogP contribution in [0.3, 0.4) is 0 Å². The van der Waals surface area contributed by atoms with E-state index in [4.69, 9.17) is 9.47 Å². The van der Waals surface area contributed by atoms with Gasteiger partial charge in [-0.15, -0.1) is 0 Å². The molecule has 2 amide bonds. The lowest BCUT2D eigenvalue weighted by atomic mass is 9.98. The molecule has 2 N–H and O–H groups in total. The molecule has 1 atom stereocenters. The fraction of sp³-hybridized carbons (Fsp3) is 0.348. The monoisotopic (exact) mass is 426 g/mol. The van der Waals surface area contributed by atoms with Gasteiger partial charge in [-0.25, -0.2) is 9.59 Å². The highest BCUT2D eigenvalue weighted by Crippen LogP contribution is 2.44. The minimum Gasteiger partial charge on any atom is -0.467 e. The quantitative estimate of drug-likeness (QED) is 0.471. The van der Waals surface area contributed by atoms with Crippen LogP contribution < -0.4 is 10.6 Å². The van der Waals surface area contributed by atoms with Crippen LogP contribution in [0.15, 0.2) is 48.5 Å². The van der Waals surface area contributed by atoms with E-state index in [0.717, 1.165) is 11.1 Å². The molecular formula is C23H26N2O6. The Morgan fingerprint density at radius 1 is 1.00 bits per heavy atom. The molecular weight excluding hydrogens is 400 g/mol. The van der Waals surface area contributed by atoms with Crippen LogP contribution in [-0.2, 0) is 23.8 Å². The lowest BCUT2D eigenvalue weighted by molar-refractivity contribution is -0.146. The summed E-state index contributed by atoms with van der Waals surface area (Å²) in [7, 11) is 1.23. The normalized spacial score (nSPS) is 13.0. The predicted molar refractivity (Wildman–Crippen MR) is 114 cm³/mol. The Kier molecular flexibility index (Phi) is 7.61. The van der Waals surface area contributed by atoms with E-state index in [-0.39, 0.29) is 38.2 Å². The number of carbonyl (C=O) groups is 3. The molecule has 0 heterocycles. The number of esters is 1. The third kappa shape index (κ3) is 5.61. The van der Waals surface area contributed by atoms with Gasteiger partial charge in [0.2, 0.25) is 5.91 Å². The summed E-state index contributed by atoms with van der Waals surface area (Å²) in [5.41, 5.74) is 4.62. The fourth-order valence-corrected chi connectivity index (χ4v) is 3.63. The summed E-state index contributed by atoms with van der Waals surface area (Å²) < 4.78 is 15.4. The molecule has 0 aliphatic heterocycles. The van der Waals surface area contributed by atoms with Gasteiger partial charge in [0.25, 0.3) is 0 Å². The maximum atomic E-state index is 12.1. The highest BCUT2D eigenvalue weighted by atomic mass is 16.6. The van der Waals surface area contributed by atoms with Gasteiger partial charge in [0.15, 0.2) is 6.04 Å². The fourth-order valence-electron chi connectivity index (χ4n) is 3.63. The number of carbonyl (C=O) groups excluding carboxylic acids is 3. The SMILES string of the molecule is COC(=O)C(COCCNC(=O)OCC1c2ccccc2-c2ccccc21)NC(C)=O. The standard InChI is InChI=1S/C23H26N2O6/c1-15(26)25-21(22(27)29-2)14-30-12-11-24-23(28)31-13-20-18-9-5-3-7-16(18)17-8-4-6-10-19(17)20/h3-10,20-21H,11-14H2,1-2H3,(H,24,28)(H,25,26). The van der Waals surface area contributed by atoms with Crippen molar-refractivity contribution in [2.75, 3.05) is 33.5 Å². The molecule has 164 valence electrons. The van der Waals surface area contributed by atoms with Crippen molar-refractivity contribution in [3.05, 3.63) is 59.7 Å².